The predicted octanol–water partition coefficient (Wildman–Crippen LogP) is 4.46. The first-order chi connectivity index (χ1) is 9.04. The summed E-state index contributed by atoms with van der Waals surface area (Å²) in [5, 5.41) is 8.49. The van der Waals surface area contributed by atoms with Crippen LogP contribution < -0.4 is 5.32 Å². The van der Waals surface area contributed by atoms with Crippen LogP contribution in [0.2, 0.25) is 0 Å². The lowest BCUT2D eigenvalue weighted by atomic mass is 9.83. The van der Waals surface area contributed by atoms with E-state index in [1.54, 1.807) is 0 Å². The maximum Gasteiger partial charge on any atom is 0.0828 e. The molecule has 1 heterocycles. The largest absolute Gasteiger partial charge is 0.379 e. The Labute approximate surface area is 117 Å². The van der Waals surface area contributed by atoms with Crippen molar-refractivity contribution in [1.82, 2.24) is 9.78 Å². The van der Waals surface area contributed by atoms with Crippen LogP contribution in [0.15, 0.2) is 0 Å². The fourth-order valence-electron chi connectivity index (χ4n) is 3.45. The first-order valence-electron chi connectivity index (χ1n) is 7.86. The van der Waals surface area contributed by atoms with E-state index in [0.29, 0.717) is 12.1 Å². The van der Waals surface area contributed by atoms with Gasteiger partial charge in [-0.3, -0.25) is 4.68 Å². The molecule has 1 fully saturated rings. The van der Waals surface area contributed by atoms with Gasteiger partial charge in [0.25, 0.3) is 0 Å². The highest BCUT2D eigenvalue weighted by molar-refractivity contribution is 5.53. The van der Waals surface area contributed by atoms with E-state index in [0.717, 1.165) is 11.6 Å². The van der Waals surface area contributed by atoms with Crippen LogP contribution in [-0.2, 0) is 0 Å². The minimum absolute atomic E-state index is 0.433. The second-order valence-electron chi connectivity index (χ2n) is 6.29. The molecule has 0 amide bonds. The van der Waals surface area contributed by atoms with Crippen molar-refractivity contribution < 1.29 is 0 Å². The van der Waals surface area contributed by atoms with Crippen LogP contribution in [0.25, 0.3) is 0 Å². The Morgan fingerprint density at radius 1 is 1.26 bits per heavy atom. The zero-order valence-corrected chi connectivity index (χ0v) is 13.2. The van der Waals surface area contributed by atoms with Gasteiger partial charge < -0.3 is 5.32 Å². The van der Waals surface area contributed by atoms with E-state index >= 15 is 0 Å². The highest BCUT2D eigenvalue weighted by Crippen LogP contribution is 2.31. The lowest BCUT2D eigenvalue weighted by Crippen LogP contribution is -2.32. The van der Waals surface area contributed by atoms with Crippen LogP contribution >= 0.6 is 0 Å². The van der Waals surface area contributed by atoms with Crippen molar-refractivity contribution in [2.24, 2.45) is 5.92 Å². The van der Waals surface area contributed by atoms with Gasteiger partial charge in [-0.05, 0) is 46.5 Å². The van der Waals surface area contributed by atoms with Crippen molar-refractivity contribution in [2.45, 2.75) is 78.8 Å². The minimum Gasteiger partial charge on any atom is -0.379 e. The summed E-state index contributed by atoms with van der Waals surface area (Å²) in [5.74, 6) is 0.829. The Kier molecular flexibility index (Phi) is 4.54. The van der Waals surface area contributed by atoms with Gasteiger partial charge in [-0.1, -0.05) is 26.2 Å². The van der Waals surface area contributed by atoms with Gasteiger partial charge in [0, 0.05) is 12.1 Å². The van der Waals surface area contributed by atoms with Gasteiger partial charge in [0.05, 0.1) is 17.1 Å². The Bertz CT molecular complexity index is 420. The third kappa shape index (κ3) is 2.96. The first-order valence-corrected chi connectivity index (χ1v) is 7.86. The van der Waals surface area contributed by atoms with E-state index < -0.39 is 0 Å². The number of nitrogens with one attached hydrogen (secondary N) is 1. The van der Waals surface area contributed by atoms with Gasteiger partial charge >= 0.3 is 0 Å². The molecule has 1 saturated carbocycles. The second-order valence-corrected chi connectivity index (χ2v) is 6.29. The van der Waals surface area contributed by atoms with Crippen molar-refractivity contribution in [3.63, 3.8) is 0 Å². The molecule has 3 nitrogen and oxygen atoms in total. The second kappa shape index (κ2) is 5.98. The van der Waals surface area contributed by atoms with Crippen LogP contribution in [-0.4, -0.2) is 15.8 Å². The molecule has 1 aromatic heterocycles. The summed E-state index contributed by atoms with van der Waals surface area (Å²) in [6.07, 6.45) is 6.74. The lowest BCUT2D eigenvalue weighted by molar-refractivity contribution is 0.317. The van der Waals surface area contributed by atoms with Crippen molar-refractivity contribution >= 4 is 5.69 Å². The SMILES string of the molecule is CCC1CCCCC1Nc1c(C)nn(C(C)C)c1C. The average Bonchev–Trinajstić information content (AvgIpc) is 2.67. The maximum absolute atomic E-state index is 4.68. The molecule has 0 aromatic carbocycles. The fraction of sp³-hybridized carbons (Fsp3) is 0.812. The van der Waals surface area contributed by atoms with Crippen molar-refractivity contribution in [2.75, 3.05) is 5.32 Å². The standard InChI is InChI=1S/C16H29N3/c1-6-14-9-7-8-10-15(14)17-16-12(4)18-19(11(2)3)13(16)5/h11,14-15,17H,6-10H2,1-5H3. The van der Waals surface area contributed by atoms with Crippen molar-refractivity contribution in [1.29, 1.82) is 0 Å². The quantitative estimate of drug-likeness (QED) is 0.869. The van der Waals surface area contributed by atoms with Gasteiger partial charge in [-0.25, -0.2) is 0 Å². The molecule has 1 aliphatic carbocycles. The van der Waals surface area contributed by atoms with E-state index in [2.05, 4.69) is 49.7 Å². The predicted molar refractivity (Wildman–Crippen MR) is 81.7 cm³/mol. The summed E-state index contributed by atoms with van der Waals surface area (Å²) < 4.78 is 2.14. The molecule has 0 saturated heterocycles. The van der Waals surface area contributed by atoms with Crippen LogP contribution in [0, 0.1) is 19.8 Å². The Morgan fingerprint density at radius 2 is 1.95 bits per heavy atom. The van der Waals surface area contributed by atoms with E-state index in [1.807, 2.05) is 0 Å². The molecule has 2 unspecified atom stereocenters. The van der Waals surface area contributed by atoms with Gasteiger partial charge in [0.15, 0.2) is 0 Å². The molecule has 1 N–H and O–H groups in total. The molecule has 2 atom stereocenters. The topological polar surface area (TPSA) is 29.9 Å². The number of nitrogens with zero attached hydrogens (tertiary/aromatic N) is 2. The highest BCUT2D eigenvalue weighted by atomic mass is 15.3. The zero-order chi connectivity index (χ0) is 14.0. The third-order valence-corrected chi connectivity index (χ3v) is 4.58. The molecular formula is C16H29N3. The summed E-state index contributed by atoms with van der Waals surface area (Å²) in [7, 11) is 0. The molecule has 0 aliphatic heterocycles. The Hall–Kier alpha value is -0.990. The molecule has 2 rings (SSSR count). The molecule has 1 aliphatic rings. The summed E-state index contributed by atoms with van der Waals surface area (Å²) in [6.45, 7) is 11.0. The molecule has 3 heteroatoms. The molecular weight excluding hydrogens is 234 g/mol. The molecule has 0 spiro atoms. The van der Waals surface area contributed by atoms with Gasteiger partial charge in [0.1, 0.15) is 0 Å². The molecule has 108 valence electrons. The fourth-order valence-corrected chi connectivity index (χ4v) is 3.45. The van der Waals surface area contributed by atoms with Gasteiger partial charge in [0.2, 0.25) is 0 Å². The average molecular weight is 263 g/mol. The van der Waals surface area contributed by atoms with E-state index in [-0.39, 0.29) is 0 Å². The Morgan fingerprint density at radius 3 is 2.53 bits per heavy atom. The monoisotopic (exact) mass is 263 g/mol. The lowest BCUT2D eigenvalue weighted by Gasteiger charge is -2.32. The van der Waals surface area contributed by atoms with Crippen LogP contribution in [0.4, 0.5) is 5.69 Å². The number of aromatic nitrogens is 2. The van der Waals surface area contributed by atoms with Gasteiger partial charge in [-0.2, -0.15) is 5.10 Å². The summed E-state index contributed by atoms with van der Waals surface area (Å²) in [6, 6.07) is 1.07. The third-order valence-electron chi connectivity index (χ3n) is 4.58. The number of hydrogen-bond acceptors (Lipinski definition) is 2. The normalized spacial score (nSPS) is 23.9. The molecule has 0 radical (unpaired) electrons. The minimum atomic E-state index is 0.433. The number of rotatable bonds is 4. The van der Waals surface area contributed by atoms with Crippen LogP contribution in [0.1, 0.15) is 70.3 Å². The highest BCUT2D eigenvalue weighted by Gasteiger charge is 2.25. The molecule has 1 aromatic rings. The molecule has 0 bridgehead atoms. The number of aryl methyl sites for hydroxylation is 1. The number of hydrogen-bond donors (Lipinski definition) is 1. The molecule has 19 heavy (non-hydrogen) atoms. The maximum atomic E-state index is 4.68. The summed E-state index contributed by atoms with van der Waals surface area (Å²) >= 11 is 0. The van der Waals surface area contributed by atoms with Gasteiger partial charge in [-0.15, -0.1) is 0 Å². The van der Waals surface area contributed by atoms with Crippen LogP contribution in [0.5, 0.6) is 0 Å². The summed E-state index contributed by atoms with van der Waals surface area (Å²) in [4.78, 5) is 0. The van der Waals surface area contributed by atoms with Crippen LogP contribution in [0.3, 0.4) is 0 Å². The smallest absolute Gasteiger partial charge is 0.0828 e. The first kappa shape index (κ1) is 14.4. The van der Waals surface area contributed by atoms with E-state index in [1.165, 1.54) is 43.5 Å². The number of anilines is 1. The van der Waals surface area contributed by atoms with Crippen molar-refractivity contribution in [3.8, 4) is 0 Å². The summed E-state index contributed by atoms with van der Waals surface area (Å²) in [5.41, 5.74) is 3.71. The van der Waals surface area contributed by atoms with E-state index in [9.17, 15) is 0 Å². The van der Waals surface area contributed by atoms with Crippen molar-refractivity contribution in [3.05, 3.63) is 11.4 Å². The van der Waals surface area contributed by atoms with E-state index in [4.69, 9.17) is 0 Å². The zero-order valence-electron chi connectivity index (χ0n) is 13.2. The Balaban J connectivity index is 2.18.